The van der Waals surface area contributed by atoms with Crippen molar-refractivity contribution in [2.45, 2.75) is 25.6 Å². The number of hydrogen-bond acceptors (Lipinski definition) is 4. The molecule has 0 saturated carbocycles. The minimum Gasteiger partial charge on any atom is -0.486 e. The fraction of sp³-hybridized carbons (Fsp3) is 0.261. The first-order chi connectivity index (χ1) is 13.7. The molecule has 0 aromatic heterocycles. The van der Waals surface area contributed by atoms with Gasteiger partial charge in [0.05, 0.1) is 6.54 Å². The SMILES string of the molecule is CC[C@H](Oc1cccc2ccccc12)C(=O)NC[C@@H]1COc2ccccc2O1. The third-order valence-electron chi connectivity index (χ3n) is 4.75. The van der Waals surface area contributed by atoms with Gasteiger partial charge in [-0.25, -0.2) is 0 Å². The molecule has 28 heavy (non-hydrogen) atoms. The van der Waals surface area contributed by atoms with Crippen molar-refractivity contribution in [1.82, 2.24) is 5.32 Å². The first-order valence-corrected chi connectivity index (χ1v) is 9.55. The molecule has 1 aliphatic heterocycles. The minimum atomic E-state index is -0.567. The number of amides is 1. The molecule has 0 bridgehead atoms. The maximum Gasteiger partial charge on any atom is 0.261 e. The van der Waals surface area contributed by atoms with E-state index < -0.39 is 6.10 Å². The Morgan fingerprint density at radius 2 is 1.82 bits per heavy atom. The van der Waals surface area contributed by atoms with E-state index >= 15 is 0 Å². The molecule has 0 spiro atoms. The van der Waals surface area contributed by atoms with Crippen LogP contribution < -0.4 is 19.5 Å². The molecule has 0 aliphatic carbocycles. The monoisotopic (exact) mass is 377 g/mol. The van der Waals surface area contributed by atoms with Crippen LogP contribution in [0.5, 0.6) is 17.2 Å². The van der Waals surface area contributed by atoms with Crippen LogP contribution in [0.1, 0.15) is 13.3 Å². The molecule has 3 aromatic carbocycles. The first-order valence-electron chi connectivity index (χ1n) is 9.55. The zero-order valence-electron chi connectivity index (χ0n) is 15.8. The molecule has 0 saturated heterocycles. The topological polar surface area (TPSA) is 56.8 Å². The van der Waals surface area contributed by atoms with Crippen LogP contribution >= 0.6 is 0 Å². The Hall–Kier alpha value is -3.21. The van der Waals surface area contributed by atoms with Gasteiger partial charge in [-0.05, 0) is 30.0 Å². The molecule has 0 fully saturated rings. The molecule has 3 aromatic rings. The number of benzene rings is 3. The molecule has 144 valence electrons. The summed E-state index contributed by atoms with van der Waals surface area (Å²) in [5, 5.41) is 5.02. The second kappa shape index (κ2) is 8.21. The highest BCUT2D eigenvalue weighted by Gasteiger charge is 2.24. The van der Waals surface area contributed by atoms with Gasteiger partial charge in [0.2, 0.25) is 0 Å². The second-order valence-electron chi connectivity index (χ2n) is 6.73. The summed E-state index contributed by atoms with van der Waals surface area (Å²) in [4.78, 5) is 12.7. The van der Waals surface area contributed by atoms with Crippen molar-refractivity contribution >= 4 is 16.7 Å². The maximum absolute atomic E-state index is 12.7. The van der Waals surface area contributed by atoms with Gasteiger partial charge in [-0.3, -0.25) is 4.79 Å². The van der Waals surface area contributed by atoms with Gasteiger partial charge in [0, 0.05) is 5.39 Å². The van der Waals surface area contributed by atoms with Crippen molar-refractivity contribution < 1.29 is 19.0 Å². The Morgan fingerprint density at radius 1 is 1.07 bits per heavy atom. The van der Waals surface area contributed by atoms with Crippen LogP contribution in [0.4, 0.5) is 0 Å². The number of hydrogen-bond donors (Lipinski definition) is 1. The van der Waals surface area contributed by atoms with Gasteiger partial charge in [0.15, 0.2) is 17.6 Å². The largest absolute Gasteiger partial charge is 0.486 e. The lowest BCUT2D eigenvalue weighted by atomic mass is 10.1. The third kappa shape index (κ3) is 3.88. The van der Waals surface area contributed by atoms with Crippen molar-refractivity contribution in [2.75, 3.05) is 13.2 Å². The molecule has 1 aliphatic rings. The van der Waals surface area contributed by atoms with E-state index in [1.165, 1.54) is 0 Å². The second-order valence-corrected chi connectivity index (χ2v) is 6.73. The van der Waals surface area contributed by atoms with Crippen LogP contribution in [0.2, 0.25) is 0 Å². The van der Waals surface area contributed by atoms with Gasteiger partial charge < -0.3 is 19.5 Å². The molecule has 1 N–H and O–H groups in total. The highest BCUT2D eigenvalue weighted by Crippen LogP contribution is 2.30. The number of rotatable bonds is 6. The lowest BCUT2D eigenvalue weighted by Crippen LogP contribution is -2.45. The van der Waals surface area contributed by atoms with Gasteiger partial charge in [-0.15, -0.1) is 0 Å². The van der Waals surface area contributed by atoms with Gasteiger partial charge in [0.1, 0.15) is 18.5 Å². The van der Waals surface area contributed by atoms with Crippen LogP contribution in [-0.4, -0.2) is 31.3 Å². The number of carbonyl (C=O) groups excluding carboxylic acids is 1. The number of para-hydroxylation sites is 2. The highest BCUT2D eigenvalue weighted by molar-refractivity contribution is 5.89. The first kappa shape index (κ1) is 18.2. The molecule has 5 nitrogen and oxygen atoms in total. The zero-order chi connectivity index (χ0) is 19.3. The van der Waals surface area contributed by atoms with Crippen molar-refractivity contribution in [3.8, 4) is 17.2 Å². The Morgan fingerprint density at radius 3 is 2.68 bits per heavy atom. The molecule has 0 radical (unpaired) electrons. The summed E-state index contributed by atoms with van der Waals surface area (Å²) in [5.41, 5.74) is 0. The van der Waals surface area contributed by atoms with Crippen LogP contribution in [0.25, 0.3) is 10.8 Å². The number of nitrogens with one attached hydrogen (secondary N) is 1. The molecule has 2 atom stereocenters. The van der Waals surface area contributed by atoms with E-state index in [0.717, 1.165) is 16.5 Å². The lowest BCUT2D eigenvalue weighted by molar-refractivity contribution is -0.128. The Bertz CT molecular complexity index is 966. The van der Waals surface area contributed by atoms with E-state index in [2.05, 4.69) is 5.32 Å². The van der Waals surface area contributed by atoms with E-state index in [4.69, 9.17) is 14.2 Å². The number of ether oxygens (including phenoxy) is 3. The van der Waals surface area contributed by atoms with Crippen LogP contribution in [0.15, 0.2) is 66.7 Å². The maximum atomic E-state index is 12.7. The standard InChI is InChI=1S/C23H23NO4/c1-2-19(28-20-13-7-9-16-8-3-4-10-18(16)20)23(25)24-14-17-15-26-21-11-5-6-12-22(21)27-17/h3-13,17,19H,2,14-15H2,1H3,(H,24,25)/t17-,19+/m1/s1. The van der Waals surface area contributed by atoms with E-state index in [1.54, 1.807) is 0 Å². The van der Waals surface area contributed by atoms with Crippen molar-refractivity contribution in [2.24, 2.45) is 0 Å². The van der Waals surface area contributed by atoms with Crippen LogP contribution in [0.3, 0.4) is 0 Å². The average molecular weight is 377 g/mol. The van der Waals surface area contributed by atoms with Crippen molar-refractivity contribution in [1.29, 1.82) is 0 Å². The fourth-order valence-corrected chi connectivity index (χ4v) is 3.27. The normalized spacial score (nSPS) is 16.4. The summed E-state index contributed by atoms with van der Waals surface area (Å²) in [6.45, 7) is 2.70. The average Bonchev–Trinajstić information content (AvgIpc) is 2.75. The van der Waals surface area contributed by atoms with Crippen molar-refractivity contribution in [3.63, 3.8) is 0 Å². The molecular formula is C23H23NO4. The summed E-state index contributed by atoms with van der Waals surface area (Å²) in [6, 6.07) is 21.4. The predicted molar refractivity (Wildman–Crippen MR) is 108 cm³/mol. The van der Waals surface area contributed by atoms with Crippen molar-refractivity contribution in [3.05, 3.63) is 66.7 Å². The molecule has 1 heterocycles. The molecular weight excluding hydrogens is 354 g/mol. The van der Waals surface area contributed by atoms with Gasteiger partial charge >= 0.3 is 0 Å². The highest BCUT2D eigenvalue weighted by atomic mass is 16.6. The van der Waals surface area contributed by atoms with Gasteiger partial charge in [-0.1, -0.05) is 55.5 Å². The van der Waals surface area contributed by atoms with E-state index in [-0.39, 0.29) is 12.0 Å². The van der Waals surface area contributed by atoms with Crippen LogP contribution in [0, 0.1) is 0 Å². The molecule has 0 unspecified atom stereocenters. The smallest absolute Gasteiger partial charge is 0.261 e. The number of fused-ring (bicyclic) bond motifs is 2. The van der Waals surface area contributed by atoms with E-state index in [9.17, 15) is 4.79 Å². The minimum absolute atomic E-state index is 0.155. The Kier molecular flexibility index (Phi) is 5.33. The quantitative estimate of drug-likeness (QED) is 0.707. The van der Waals surface area contributed by atoms with E-state index in [1.807, 2.05) is 73.7 Å². The fourth-order valence-electron chi connectivity index (χ4n) is 3.27. The summed E-state index contributed by atoms with van der Waals surface area (Å²) >= 11 is 0. The molecule has 5 heteroatoms. The summed E-state index contributed by atoms with van der Waals surface area (Å²) in [5.74, 6) is 1.99. The Balaban J connectivity index is 1.38. The predicted octanol–water partition coefficient (Wildman–Crippen LogP) is 3.95. The van der Waals surface area contributed by atoms with Gasteiger partial charge in [0.25, 0.3) is 5.91 Å². The molecule has 1 amide bonds. The lowest BCUT2D eigenvalue weighted by Gasteiger charge is -2.27. The zero-order valence-corrected chi connectivity index (χ0v) is 15.8. The van der Waals surface area contributed by atoms with Gasteiger partial charge in [-0.2, -0.15) is 0 Å². The Labute approximate surface area is 164 Å². The number of carbonyl (C=O) groups is 1. The summed E-state index contributed by atoms with van der Waals surface area (Å²) < 4.78 is 17.6. The van der Waals surface area contributed by atoms with E-state index in [0.29, 0.717) is 31.1 Å². The summed E-state index contributed by atoms with van der Waals surface area (Å²) in [7, 11) is 0. The molecule has 4 rings (SSSR count). The van der Waals surface area contributed by atoms with Crippen LogP contribution in [-0.2, 0) is 4.79 Å². The third-order valence-corrected chi connectivity index (χ3v) is 4.75. The summed E-state index contributed by atoms with van der Waals surface area (Å²) in [6.07, 6.45) is -0.226.